The molecule has 0 spiro atoms. The number of ether oxygens (including phenoxy) is 3. The smallest absolute Gasteiger partial charge is 0.328 e. The van der Waals surface area contributed by atoms with Crippen LogP contribution in [-0.2, 0) is 44.6 Å². The molecule has 176 valence electrons. The largest absolute Gasteiger partial charge is 0.468 e. The number of carbonyl (C=O) groups is 5. The Morgan fingerprint density at radius 3 is 1.91 bits per heavy atom. The molecule has 0 aliphatic heterocycles. The first kappa shape index (κ1) is 26.5. The van der Waals surface area contributed by atoms with Gasteiger partial charge in [-0.2, -0.15) is 0 Å². The van der Waals surface area contributed by atoms with Crippen molar-refractivity contribution in [3.63, 3.8) is 0 Å². The SMILES string of the molecule is COC(=O)C(C(=O)OC)[C@@H](C)[C@@H](NC(=O)[C@@H](Cc1ccccc1F)NC(C)=O)C(=O)OC. The summed E-state index contributed by atoms with van der Waals surface area (Å²) < 4.78 is 28.0. The summed E-state index contributed by atoms with van der Waals surface area (Å²) in [6.45, 7) is 2.53. The summed E-state index contributed by atoms with van der Waals surface area (Å²) in [5, 5.41) is 4.79. The van der Waals surface area contributed by atoms with Crippen molar-refractivity contribution in [2.24, 2.45) is 11.8 Å². The molecule has 0 fully saturated rings. The number of amides is 2. The lowest BCUT2D eigenvalue weighted by Gasteiger charge is -2.28. The molecule has 0 bridgehead atoms. The van der Waals surface area contributed by atoms with E-state index in [0.29, 0.717) is 0 Å². The van der Waals surface area contributed by atoms with Crippen LogP contribution in [0.3, 0.4) is 0 Å². The Hall–Kier alpha value is -3.50. The van der Waals surface area contributed by atoms with E-state index < -0.39 is 59.5 Å². The molecule has 0 saturated heterocycles. The van der Waals surface area contributed by atoms with E-state index in [9.17, 15) is 28.4 Å². The van der Waals surface area contributed by atoms with Crippen molar-refractivity contribution in [3.05, 3.63) is 35.6 Å². The lowest BCUT2D eigenvalue weighted by Crippen LogP contribution is -2.56. The molecule has 10 nitrogen and oxygen atoms in total. The summed E-state index contributed by atoms with van der Waals surface area (Å²) in [5.74, 6) is -7.57. The molecule has 0 radical (unpaired) electrons. The quantitative estimate of drug-likeness (QED) is 0.289. The van der Waals surface area contributed by atoms with Gasteiger partial charge in [-0.15, -0.1) is 0 Å². The van der Waals surface area contributed by atoms with E-state index in [1.54, 1.807) is 6.07 Å². The van der Waals surface area contributed by atoms with Crippen molar-refractivity contribution in [2.75, 3.05) is 21.3 Å². The molecule has 2 N–H and O–H groups in total. The van der Waals surface area contributed by atoms with E-state index in [1.165, 1.54) is 32.0 Å². The van der Waals surface area contributed by atoms with Gasteiger partial charge < -0.3 is 24.8 Å². The number of esters is 3. The van der Waals surface area contributed by atoms with Crippen molar-refractivity contribution < 1.29 is 42.6 Å². The fourth-order valence-corrected chi connectivity index (χ4v) is 3.10. The third kappa shape index (κ3) is 7.03. The maximum absolute atomic E-state index is 14.1. The minimum Gasteiger partial charge on any atom is -0.468 e. The zero-order chi connectivity index (χ0) is 24.4. The first-order valence-electron chi connectivity index (χ1n) is 9.61. The predicted molar refractivity (Wildman–Crippen MR) is 108 cm³/mol. The van der Waals surface area contributed by atoms with E-state index >= 15 is 0 Å². The summed E-state index contributed by atoms with van der Waals surface area (Å²) in [5.41, 5.74) is 0.158. The number of carbonyl (C=O) groups excluding carboxylic acids is 5. The number of halogens is 1. The molecule has 1 aromatic rings. The van der Waals surface area contributed by atoms with Crippen molar-refractivity contribution in [1.29, 1.82) is 0 Å². The molecule has 0 heterocycles. The van der Waals surface area contributed by atoms with Gasteiger partial charge in [0.2, 0.25) is 11.8 Å². The lowest BCUT2D eigenvalue weighted by atomic mass is 9.87. The number of nitrogens with one attached hydrogen (secondary N) is 2. The van der Waals surface area contributed by atoms with Crippen LogP contribution in [0.15, 0.2) is 24.3 Å². The minimum atomic E-state index is -1.54. The molecule has 3 atom stereocenters. The Morgan fingerprint density at radius 1 is 0.906 bits per heavy atom. The lowest BCUT2D eigenvalue weighted by molar-refractivity contribution is -0.163. The van der Waals surface area contributed by atoms with Crippen LogP contribution in [0.25, 0.3) is 0 Å². The number of benzene rings is 1. The van der Waals surface area contributed by atoms with Crippen LogP contribution >= 0.6 is 0 Å². The molecule has 0 unspecified atom stereocenters. The molecule has 11 heteroatoms. The molecule has 0 saturated carbocycles. The third-order valence-electron chi connectivity index (χ3n) is 4.79. The van der Waals surface area contributed by atoms with E-state index in [0.717, 1.165) is 21.3 Å². The Bertz CT molecular complexity index is 844. The molecule has 0 aromatic heterocycles. The molecule has 1 aromatic carbocycles. The van der Waals surface area contributed by atoms with Crippen LogP contribution < -0.4 is 10.6 Å². The molecular formula is C21H27FN2O8. The molecule has 2 amide bonds. The first-order chi connectivity index (χ1) is 15.1. The van der Waals surface area contributed by atoms with E-state index in [-0.39, 0.29) is 12.0 Å². The second-order valence-electron chi connectivity index (χ2n) is 6.94. The highest BCUT2D eigenvalue weighted by atomic mass is 19.1. The summed E-state index contributed by atoms with van der Waals surface area (Å²) in [6, 6.07) is 2.96. The number of methoxy groups -OCH3 is 3. The highest BCUT2D eigenvalue weighted by Gasteiger charge is 2.43. The van der Waals surface area contributed by atoms with Gasteiger partial charge in [0, 0.05) is 19.3 Å². The molecule has 32 heavy (non-hydrogen) atoms. The molecule has 1 rings (SSSR count). The van der Waals surface area contributed by atoms with Gasteiger partial charge in [0.1, 0.15) is 17.9 Å². The number of rotatable bonds is 10. The van der Waals surface area contributed by atoms with Gasteiger partial charge in [0.05, 0.1) is 21.3 Å². The normalized spacial score (nSPS) is 13.3. The van der Waals surface area contributed by atoms with Gasteiger partial charge in [-0.25, -0.2) is 9.18 Å². The predicted octanol–water partition coefficient (Wildman–Crippen LogP) is 0.129. The number of hydrogen-bond acceptors (Lipinski definition) is 8. The van der Waals surface area contributed by atoms with Gasteiger partial charge >= 0.3 is 17.9 Å². The van der Waals surface area contributed by atoms with E-state index in [2.05, 4.69) is 20.1 Å². The van der Waals surface area contributed by atoms with Crippen LogP contribution in [0.1, 0.15) is 19.4 Å². The van der Waals surface area contributed by atoms with Gasteiger partial charge in [-0.05, 0) is 11.6 Å². The summed E-state index contributed by atoms with van der Waals surface area (Å²) in [4.78, 5) is 61.2. The Morgan fingerprint density at radius 2 is 1.44 bits per heavy atom. The maximum Gasteiger partial charge on any atom is 0.328 e. The molecule has 0 aliphatic rings. The van der Waals surface area contributed by atoms with Crippen LogP contribution in [0.2, 0.25) is 0 Å². The van der Waals surface area contributed by atoms with Gasteiger partial charge in [0.25, 0.3) is 0 Å². The van der Waals surface area contributed by atoms with Crippen LogP contribution in [0, 0.1) is 17.7 Å². The Labute approximate surface area is 184 Å². The zero-order valence-corrected chi connectivity index (χ0v) is 18.5. The second kappa shape index (κ2) is 12.4. The average Bonchev–Trinajstić information content (AvgIpc) is 2.76. The standard InChI is InChI=1S/C21H27FN2O8/c1-11(16(19(27)30-3)20(28)31-4)17(21(29)32-5)24-18(26)15(23-12(2)25)10-13-8-6-7-9-14(13)22/h6-9,11,15-17H,10H2,1-5H3,(H,23,25)(H,24,26)/t11-,15-,17-/m1/s1. The van der Waals surface area contributed by atoms with Crippen molar-refractivity contribution >= 4 is 29.7 Å². The van der Waals surface area contributed by atoms with Gasteiger partial charge in [0.15, 0.2) is 5.92 Å². The first-order valence-corrected chi connectivity index (χ1v) is 9.61. The minimum absolute atomic E-state index is 0.158. The van der Waals surface area contributed by atoms with Gasteiger partial charge in [-0.1, -0.05) is 25.1 Å². The summed E-state index contributed by atoms with van der Waals surface area (Å²) in [7, 11) is 3.17. The highest BCUT2D eigenvalue weighted by molar-refractivity contribution is 5.97. The maximum atomic E-state index is 14.1. The monoisotopic (exact) mass is 454 g/mol. The molecule has 0 aliphatic carbocycles. The van der Waals surface area contributed by atoms with Crippen molar-refractivity contribution in [3.8, 4) is 0 Å². The summed E-state index contributed by atoms with van der Waals surface area (Å²) in [6.07, 6.45) is -0.211. The van der Waals surface area contributed by atoms with E-state index in [1.807, 2.05) is 0 Å². The van der Waals surface area contributed by atoms with Crippen LogP contribution in [-0.4, -0.2) is 63.1 Å². The molecular weight excluding hydrogens is 427 g/mol. The summed E-state index contributed by atoms with van der Waals surface area (Å²) >= 11 is 0. The van der Waals surface area contributed by atoms with E-state index in [4.69, 9.17) is 4.74 Å². The highest BCUT2D eigenvalue weighted by Crippen LogP contribution is 2.21. The van der Waals surface area contributed by atoms with Crippen LogP contribution in [0.4, 0.5) is 4.39 Å². The fraction of sp³-hybridized carbons (Fsp3) is 0.476. The Balaban J connectivity index is 3.23. The Kier molecular flexibility index (Phi) is 10.3. The fourth-order valence-electron chi connectivity index (χ4n) is 3.10. The van der Waals surface area contributed by atoms with Crippen LogP contribution in [0.5, 0.6) is 0 Å². The van der Waals surface area contributed by atoms with Gasteiger partial charge in [-0.3, -0.25) is 19.2 Å². The van der Waals surface area contributed by atoms with Crippen molar-refractivity contribution in [2.45, 2.75) is 32.4 Å². The third-order valence-corrected chi connectivity index (χ3v) is 4.79. The average molecular weight is 454 g/mol. The zero-order valence-electron chi connectivity index (χ0n) is 18.5. The van der Waals surface area contributed by atoms with Crippen molar-refractivity contribution in [1.82, 2.24) is 10.6 Å². The second-order valence-corrected chi connectivity index (χ2v) is 6.94. The number of hydrogen-bond donors (Lipinski definition) is 2. The topological polar surface area (TPSA) is 137 Å².